The van der Waals surface area contributed by atoms with E-state index in [9.17, 15) is 9.59 Å². The maximum atomic E-state index is 12.4. The van der Waals surface area contributed by atoms with E-state index < -0.39 is 5.63 Å². The molecule has 0 aliphatic carbocycles. The molecule has 2 aromatic heterocycles. The molecule has 0 bridgehead atoms. The lowest BCUT2D eigenvalue weighted by Gasteiger charge is -2.04. The number of carbonyl (C=O) groups is 1. The van der Waals surface area contributed by atoms with Crippen LogP contribution in [0.1, 0.15) is 12.5 Å². The topological polar surface area (TPSA) is 72.2 Å². The molecule has 0 spiro atoms. The van der Waals surface area contributed by atoms with E-state index in [0.29, 0.717) is 22.0 Å². The van der Waals surface area contributed by atoms with E-state index in [-0.39, 0.29) is 12.3 Å². The summed E-state index contributed by atoms with van der Waals surface area (Å²) in [6.45, 7) is 2.11. The van der Waals surface area contributed by atoms with E-state index >= 15 is 0 Å². The highest BCUT2D eigenvalue weighted by molar-refractivity contribution is 7.99. The zero-order valence-electron chi connectivity index (χ0n) is 15.7. The first-order chi connectivity index (χ1) is 14.1. The second kappa shape index (κ2) is 8.63. The van der Waals surface area contributed by atoms with Gasteiger partial charge >= 0.3 is 5.63 Å². The largest absolute Gasteiger partial charge is 0.422 e. The molecule has 4 aromatic rings. The van der Waals surface area contributed by atoms with Crippen molar-refractivity contribution in [3.8, 4) is 11.3 Å². The van der Waals surface area contributed by atoms with Crippen molar-refractivity contribution in [1.29, 1.82) is 0 Å². The van der Waals surface area contributed by atoms with Gasteiger partial charge in [-0.25, -0.2) is 9.78 Å². The monoisotopic (exact) mass is 422 g/mol. The normalized spacial score (nSPS) is 10.9. The van der Waals surface area contributed by atoms with E-state index in [0.717, 1.165) is 16.7 Å². The van der Waals surface area contributed by atoms with Gasteiger partial charge in [0.1, 0.15) is 5.58 Å². The molecule has 7 heteroatoms. The molecule has 0 saturated heterocycles. The van der Waals surface area contributed by atoms with Crippen LogP contribution in [-0.2, 0) is 11.2 Å². The van der Waals surface area contributed by atoms with E-state index in [1.165, 1.54) is 16.2 Å². The Morgan fingerprint density at radius 2 is 1.97 bits per heavy atom. The van der Waals surface area contributed by atoms with Crippen molar-refractivity contribution in [2.75, 3.05) is 11.1 Å². The molecule has 5 nitrogen and oxygen atoms in total. The number of hydrogen-bond acceptors (Lipinski definition) is 6. The number of thiazole rings is 1. The van der Waals surface area contributed by atoms with Crippen LogP contribution in [0.4, 0.5) is 5.13 Å². The van der Waals surface area contributed by atoms with Gasteiger partial charge in [-0.05, 0) is 35.6 Å². The van der Waals surface area contributed by atoms with Crippen molar-refractivity contribution in [2.24, 2.45) is 0 Å². The summed E-state index contributed by atoms with van der Waals surface area (Å²) in [4.78, 5) is 30.2. The molecule has 0 aliphatic rings. The molecule has 0 fully saturated rings. The first-order valence-electron chi connectivity index (χ1n) is 9.13. The molecule has 0 atom stereocenters. The van der Waals surface area contributed by atoms with Gasteiger partial charge in [0.05, 0.1) is 17.7 Å². The van der Waals surface area contributed by atoms with Gasteiger partial charge in [-0.3, -0.25) is 4.79 Å². The minimum Gasteiger partial charge on any atom is -0.422 e. The molecule has 1 amide bonds. The summed E-state index contributed by atoms with van der Waals surface area (Å²) in [6, 6.07) is 17.1. The summed E-state index contributed by atoms with van der Waals surface area (Å²) in [5, 5.41) is 5.83. The van der Waals surface area contributed by atoms with Crippen LogP contribution >= 0.6 is 23.1 Å². The first kappa shape index (κ1) is 19.4. The van der Waals surface area contributed by atoms with Gasteiger partial charge < -0.3 is 9.73 Å². The van der Waals surface area contributed by atoms with Crippen LogP contribution in [0.2, 0.25) is 0 Å². The predicted molar refractivity (Wildman–Crippen MR) is 119 cm³/mol. The van der Waals surface area contributed by atoms with E-state index in [1.807, 2.05) is 42.5 Å². The van der Waals surface area contributed by atoms with Crippen LogP contribution in [0.15, 0.2) is 74.1 Å². The van der Waals surface area contributed by atoms with Gasteiger partial charge in [-0.15, -0.1) is 23.1 Å². The summed E-state index contributed by atoms with van der Waals surface area (Å²) >= 11 is 3.05. The van der Waals surface area contributed by atoms with Crippen molar-refractivity contribution >= 4 is 45.1 Å². The third-order valence-electron chi connectivity index (χ3n) is 4.27. The van der Waals surface area contributed by atoms with Gasteiger partial charge in [0.2, 0.25) is 5.91 Å². The van der Waals surface area contributed by atoms with Crippen LogP contribution in [0.5, 0.6) is 0 Å². The molecule has 29 heavy (non-hydrogen) atoms. The molecular weight excluding hydrogens is 404 g/mol. The number of benzene rings is 2. The van der Waals surface area contributed by atoms with E-state index in [2.05, 4.69) is 17.2 Å². The van der Waals surface area contributed by atoms with Crippen LogP contribution in [-0.4, -0.2) is 16.6 Å². The lowest BCUT2D eigenvalue weighted by atomic mass is 10.1. The Kier molecular flexibility index (Phi) is 5.78. The molecule has 0 radical (unpaired) electrons. The third-order valence-corrected chi connectivity index (χ3v) is 5.92. The number of aromatic nitrogens is 1. The molecule has 2 heterocycles. The Morgan fingerprint density at radius 1 is 1.17 bits per heavy atom. The summed E-state index contributed by atoms with van der Waals surface area (Å²) < 4.78 is 5.36. The highest BCUT2D eigenvalue weighted by Gasteiger charge is 2.13. The average Bonchev–Trinajstić information content (AvgIpc) is 3.17. The Morgan fingerprint density at radius 3 is 2.76 bits per heavy atom. The standard InChI is InChI=1S/C22H18N2O3S2/c1-2-28-16-9-7-14(8-10-16)11-20(25)24-22-23-18(13-29-22)17-12-15-5-3-4-6-19(15)27-21(17)26/h3-10,12-13H,2,11H2,1H3,(H,23,24,25). The number of hydrogen-bond donors (Lipinski definition) is 1. The fraction of sp³-hybridized carbons (Fsp3) is 0.136. The number of amides is 1. The maximum Gasteiger partial charge on any atom is 0.345 e. The maximum absolute atomic E-state index is 12.4. The lowest BCUT2D eigenvalue weighted by molar-refractivity contribution is -0.115. The Labute approximate surface area is 175 Å². The van der Waals surface area contributed by atoms with Gasteiger partial charge in [0, 0.05) is 15.7 Å². The molecular formula is C22H18N2O3S2. The number of rotatable bonds is 6. The Hall–Kier alpha value is -2.90. The number of anilines is 1. The lowest BCUT2D eigenvalue weighted by Crippen LogP contribution is -2.14. The highest BCUT2D eigenvalue weighted by atomic mass is 32.2. The van der Waals surface area contributed by atoms with Crippen molar-refractivity contribution in [2.45, 2.75) is 18.2 Å². The molecule has 146 valence electrons. The molecule has 4 rings (SSSR count). The van der Waals surface area contributed by atoms with Gasteiger partial charge in [0.15, 0.2) is 5.13 Å². The molecule has 0 unspecified atom stereocenters. The number of fused-ring (bicyclic) bond motifs is 1. The van der Waals surface area contributed by atoms with Crippen molar-refractivity contribution < 1.29 is 9.21 Å². The van der Waals surface area contributed by atoms with Crippen LogP contribution in [0, 0.1) is 0 Å². The van der Waals surface area contributed by atoms with E-state index in [1.54, 1.807) is 29.3 Å². The van der Waals surface area contributed by atoms with Crippen molar-refractivity contribution in [3.63, 3.8) is 0 Å². The minimum absolute atomic E-state index is 0.146. The summed E-state index contributed by atoms with van der Waals surface area (Å²) in [5.74, 6) is 0.870. The fourth-order valence-electron chi connectivity index (χ4n) is 2.91. The highest BCUT2D eigenvalue weighted by Crippen LogP contribution is 2.25. The summed E-state index contributed by atoms with van der Waals surface area (Å²) in [5.41, 5.74) is 1.90. The zero-order valence-corrected chi connectivity index (χ0v) is 17.3. The van der Waals surface area contributed by atoms with Gasteiger partial charge in [0.25, 0.3) is 0 Å². The number of para-hydroxylation sites is 1. The zero-order chi connectivity index (χ0) is 20.2. The third kappa shape index (κ3) is 4.58. The van der Waals surface area contributed by atoms with Crippen molar-refractivity contribution in [3.05, 3.63) is 76.0 Å². The number of carbonyl (C=O) groups excluding carboxylic acids is 1. The number of thioether (sulfide) groups is 1. The van der Waals surface area contributed by atoms with Crippen LogP contribution in [0.25, 0.3) is 22.2 Å². The predicted octanol–water partition coefficient (Wildman–Crippen LogP) is 5.21. The van der Waals surface area contributed by atoms with Crippen molar-refractivity contribution in [1.82, 2.24) is 4.98 Å². The SMILES string of the molecule is CCSc1ccc(CC(=O)Nc2nc(-c3cc4ccccc4oc3=O)cs2)cc1. The average molecular weight is 423 g/mol. The van der Waals surface area contributed by atoms with Crippen LogP contribution in [0.3, 0.4) is 0 Å². The number of nitrogens with zero attached hydrogens (tertiary/aromatic N) is 1. The second-order valence-corrected chi connectivity index (χ2v) is 8.52. The Balaban J connectivity index is 1.47. The fourth-order valence-corrected chi connectivity index (χ4v) is 4.30. The molecule has 2 aromatic carbocycles. The molecule has 0 saturated carbocycles. The first-order valence-corrected chi connectivity index (χ1v) is 11.0. The second-order valence-electron chi connectivity index (χ2n) is 6.33. The molecule has 0 aliphatic heterocycles. The van der Waals surface area contributed by atoms with E-state index in [4.69, 9.17) is 4.42 Å². The quantitative estimate of drug-likeness (QED) is 0.341. The minimum atomic E-state index is -0.447. The molecule has 1 N–H and O–H groups in total. The van der Waals surface area contributed by atoms with Crippen LogP contribution < -0.4 is 10.9 Å². The van der Waals surface area contributed by atoms with Gasteiger partial charge in [-0.2, -0.15) is 0 Å². The smallest absolute Gasteiger partial charge is 0.345 e. The van der Waals surface area contributed by atoms with Gasteiger partial charge in [-0.1, -0.05) is 37.3 Å². The summed E-state index contributed by atoms with van der Waals surface area (Å²) in [6.07, 6.45) is 0.268. The Bertz CT molecular complexity index is 1210. The summed E-state index contributed by atoms with van der Waals surface area (Å²) in [7, 11) is 0. The number of nitrogens with one attached hydrogen (secondary N) is 1.